The molecular formula is C19H29N5O2. The van der Waals surface area contributed by atoms with Gasteiger partial charge in [-0.05, 0) is 30.7 Å². The van der Waals surface area contributed by atoms with Crippen LogP contribution in [-0.4, -0.2) is 25.9 Å². The normalized spacial score (nSPS) is 11.5. The quantitative estimate of drug-likeness (QED) is 0.673. The lowest BCUT2D eigenvalue weighted by atomic mass is 9.91. The van der Waals surface area contributed by atoms with Crippen molar-refractivity contribution in [2.75, 3.05) is 0 Å². The van der Waals surface area contributed by atoms with Crippen molar-refractivity contribution in [3.63, 3.8) is 0 Å². The molecule has 0 aliphatic rings. The van der Waals surface area contributed by atoms with Gasteiger partial charge in [-0.1, -0.05) is 38.5 Å². The first-order valence-electron chi connectivity index (χ1n) is 9.16. The number of hydrogen-bond donors (Lipinski definition) is 2. The molecule has 0 spiro atoms. The van der Waals surface area contributed by atoms with E-state index in [4.69, 9.17) is 0 Å². The van der Waals surface area contributed by atoms with Crippen molar-refractivity contribution in [1.82, 2.24) is 25.3 Å². The summed E-state index contributed by atoms with van der Waals surface area (Å²) in [6.07, 6.45) is 7.71. The number of H-pyrrole nitrogens is 1. The van der Waals surface area contributed by atoms with Gasteiger partial charge in [-0.2, -0.15) is 0 Å². The average molecular weight is 359 g/mol. The highest BCUT2D eigenvalue weighted by Crippen LogP contribution is 2.18. The fourth-order valence-electron chi connectivity index (χ4n) is 2.69. The summed E-state index contributed by atoms with van der Waals surface area (Å²) < 4.78 is 1.88. The summed E-state index contributed by atoms with van der Waals surface area (Å²) in [5, 5.41) is 11.2. The minimum Gasteiger partial charge on any atom is -0.352 e. The van der Waals surface area contributed by atoms with Crippen LogP contribution in [0, 0.1) is 5.41 Å². The molecule has 0 radical (unpaired) electrons. The topological polar surface area (TPSA) is 92.7 Å². The molecule has 2 heterocycles. The lowest BCUT2D eigenvalue weighted by molar-refractivity contribution is -0.121. The third kappa shape index (κ3) is 7.21. The molecule has 2 aromatic heterocycles. The predicted molar refractivity (Wildman–Crippen MR) is 101 cm³/mol. The highest BCUT2D eigenvalue weighted by molar-refractivity contribution is 5.75. The van der Waals surface area contributed by atoms with Gasteiger partial charge in [-0.25, -0.2) is 0 Å². The Morgan fingerprint density at radius 3 is 2.81 bits per heavy atom. The summed E-state index contributed by atoms with van der Waals surface area (Å²) in [5.74, 6) is -0.0264. The molecule has 0 saturated carbocycles. The monoisotopic (exact) mass is 359 g/mol. The van der Waals surface area contributed by atoms with E-state index in [-0.39, 0.29) is 23.4 Å². The van der Waals surface area contributed by atoms with Crippen LogP contribution in [0.5, 0.6) is 0 Å². The largest absolute Gasteiger partial charge is 0.352 e. The van der Waals surface area contributed by atoms with Crippen molar-refractivity contribution in [3.05, 3.63) is 46.1 Å². The summed E-state index contributed by atoms with van der Waals surface area (Å²) in [5.41, 5.74) is 1.64. The van der Waals surface area contributed by atoms with Crippen molar-refractivity contribution < 1.29 is 4.79 Å². The van der Waals surface area contributed by atoms with Gasteiger partial charge < -0.3 is 10.3 Å². The number of nitrogens with zero attached hydrogens (tertiary/aromatic N) is 3. The minimum absolute atomic E-state index is 0.0264. The van der Waals surface area contributed by atoms with E-state index in [0.29, 0.717) is 12.0 Å². The lowest BCUT2D eigenvalue weighted by Crippen LogP contribution is -2.26. The summed E-state index contributed by atoms with van der Waals surface area (Å²) in [7, 11) is 0. The number of carbonyl (C=O) groups excluding carboxylic acids is 1. The highest BCUT2D eigenvalue weighted by Gasteiger charge is 2.13. The second kappa shape index (κ2) is 9.31. The van der Waals surface area contributed by atoms with Crippen molar-refractivity contribution in [1.29, 1.82) is 0 Å². The van der Waals surface area contributed by atoms with Crippen LogP contribution in [0.4, 0.5) is 0 Å². The molecule has 0 aliphatic heterocycles. The standard InChI is InChI=1S/C19H29N5O2/c1-19(2,3)12-16-14-24(23-22-16)11-6-4-5-9-17(25)21-13-15-8-7-10-20-18(15)26/h7-8,10,14H,4-6,9,11-13H2,1-3H3,(H,20,26)(H,21,25). The first kappa shape index (κ1) is 19.9. The Morgan fingerprint density at radius 2 is 2.08 bits per heavy atom. The van der Waals surface area contributed by atoms with E-state index in [9.17, 15) is 9.59 Å². The molecule has 0 atom stereocenters. The summed E-state index contributed by atoms with van der Waals surface area (Å²) in [4.78, 5) is 26.0. The van der Waals surface area contributed by atoms with E-state index in [2.05, 4.69) is 41.4 Å². The number of rotatable bonds is 9. The fourth-order valence-corrected chi connectivity index (χ4v) is 2.69. The maximum absolute atomic E-state index is 11.8. The van der Waals surface area contributed by atoms with Crippen molar-refractivity contribution in [3.8, 4) is 0 Å². The highest BCUT2D eigenvalue weighted by atomic mass is 16.1. The smallest absolute Gasteiger partial charge is 0.252 e. The van der Waals surface area contributed by atoms with Gasteiger partial charge >= 0.3 is 0 Å². The zero-order valence-electron chi connectivity index (χ0n) is 15.9. The Bertz CT molecular complexity index is 758. The average Bonchev–Trinajstić information content (AvgIpc) is 2.99. The fraction of sp³-hybridized carbons (Fsp3) is 0.579. The van der Waals surface area contributed by atoms with E-state index in [1.807, 2.05) is 10.9 Å². The van der Waals surface area contributed by atoms with Crippen LogP contribution in [0.25, 0.3) is 0 Å². The van der Waals surface area contributed by atoms with Crippen LogP contribution in [0.1, 0.15) is 57.7 Å². The first-order valence-corrected chi connectivity index (χ1v) is 9.16. The van der Waals surface area contributed by atoms with Gasteiger partial charge in [0.05, 0.1) is 5.69 Å². The summed E-state index contributed by atoms with van der Waals surface area (Å²) in [6, 6.07) is 3.46. The van der Waals surface area contributed by atoms with Crippen molar-refractivity contribution in [2.24, 2.45) is 5.41 Å². The lowest BCUT2D eigenvalue weighted by Gasteiger charge is -2.15. The predicted octanol–water partition coefficient (Wildman–Crippen LogP) is 2.43. The molecule has 7 nitrogen and oxygen atoms in total. The molecule has 142 valence electrons. The number of aromatic nitrogens is 4. The third-order valence-corrected chi connectivity index (χ3v) is 3.96. The van der Waals surface area contributed by atoms with Gasteiger partial charge in [0, 0.05) is 37.5 Å². The Morgan fingerprint density at radius 1 is 1.27 bits per heavy atom. The maximum atomic E-state index is 11.8. The van der Waals surface area contributed by atoms with Gasteiger partial charge in [0.2, 0.25) is 5.91 Å². The van der Waals surface area contributed by atoms with E-state index in [1.54, 1.807) is 18.3 Å². The van der Waals surface area contributed by atoms with Crippen LogP contribution in [0.2, 0.25) is 0 Å². The third-order valence-electron chi connectivity index (χ3n) is 3.96. The Labute approximate surface area is 154 Å². The number of amides is 1. The molecule has 0 bridgehead atoms. The van der Waals surface area contributed by atoms with Crippen molar-refractivity contribution in [2.45, 2.75) is 66.0 Å². The van der Waals surface area contributed by atoms with Gasteiger partial charge in [0.15, 0.2) is 0 Å². The molecule has 0 fully saturated rings. The molecule has 0 unspecified atom stereocenters. The summed E-state index contributed by atoms with van der Waals surface area (Å²) in [6.45, 7) is 7.64. The van der Waals surface area contributed by atoms with E-state index < -0.39 is 0 Å². The zero-order valence-corrected chi connectivity index (χ0v) is 15.9. The van der Waals surface area contributed by atoms with E-state index >= 15 is 0 Å². The molecule has 7 heteroatoms. The molecule has 1 amide bonds. The number of aryl methyl sites for hydroxylation is 1. The minimum atomic E-state index is -0.161. The first-order chi connectivity index (χ1) is 12.3. The van der Waals surface area contributed by atoms with Crippen LogP contribution in [0.3, 0.4) is 0 Å². The Balaban J connectivity index is 1.59. The molecule has 2 N–H and O–H groups in total. The Hall–Kier alpha value is -2.44. The molecule has 2 aromatic rings. The second-order valence-electron chi connectivity index (χ2n) is 7.82. The summed E-state index contributed by atoms with van der Waals surface area (Å²) >= 11 is 0. The number of pyridine rings is 1. The van der Waals surface area contributed by atoms with E-state index in [0.717, 1.165) is 37.9 Å². The zero-order chi connectivity index (χ0) is 19.0. The molecule has 0 aliphatic carbocycles. The number of hydrogen-bond acceptors (Lipinski definition) is 4. The number of carbonyl (C=O) groups is 1. The molecule has 0 saturated heterocycles. The van der Waals surface area contributed by atoms with Gasteiger partial charge in [0.1, 0.15) is 0 Å². The molecule has 26 heavy (non-hydrogen) atoms. The SMILES string of the molecule is CC(C)(C)Cc1cn(CCCCCC(=O)NCc2ccc[nH]c2=O)nn1. The van der Waals surface area contributed by atoms with Crippen molar-refractivity contribution >= 4 is 5.91 Å². The van der Waals surface area contributed by atoms with E-state index in [1.165, 1.54) is 0 Å². The van der Waals surface area contributed by atoms with Gasteiger partial charge in [0.25, 0.3) is 5.56 Å². The molecule has 0 aromatic carbocycles. The number of unbranched alkanes of at least 4 members (excludes halogenated alkanes) is 2. The maximum Gasteiger partial charge on any atom is 0.252 e. The molecule has 2 rings (SSSR count). The van der Waals surface area contributed by atoms with Crippen LogP contribution >= 0.6 is 0 Å². The second-order valence-corrected chi connectivity index (χ2v) is 7.82. The van der Waals surface area contributed by atoms with Crippen LogP contribution < -0.4 is 10.9 Å². The molecular weight excluding hydrogens is 330 g/mol. The van der Waals surface area contributed by atoms with Crippen LogP contribution in [-0.2, 0) is 24.3 Å². The number of aromatic amines is 1. The Kier molecular flexibility index (Phi) is 7.12. The van der Waals surface area contributed by atoms with Crippen LogP contribution in [0.15, 0.2) is 29.3 Å². The van der Waals surface area contributed by atoms with Gasteiger partial charge in [-0.3, -0.25) is 14.3 Å². The van der Waals surface area contributed by atoms with Gasteiger partial charge in [-0.15, -0.1) is 5.10 Å². The number of nitrogens with one attached hydrogen (secondary N) is 2.